The molecule has 5 rings (SSSR count). The molecule has 2 radical (unpaired) electrons. The maximum Gasteiger partial charge on any atom is 0.137 e. The molecule has 1 heterocycles. The van der Waals surface area contributed by atoms with Gasteiger partial charge >= 0.3 is 0 Å². The average Bonchev–Trinajstić information content (AvgIpc) is 2.91. The van der Waals surface area contributed by atoms with Gasteiger partial charge in [0.1, 0.15) is 13.6 Å². The second-order valence-electron chi connectivity index (χ2n) is 9.53. The van der Waals surface area contributed by atoms with E-state index in [1.165, 1.54) is 60.8 Å². The fourth-order valence-electron chi connectivity index (χ4n) is 5.48. The van der Waals surface area contributed by atoms with Crippen molar-refractivity contribution >= 4 is 24.7 Å². The third kappa shape index (κ3) is 2.23. The fourth-order valence-corrected chi connectivity index (χ4v) is 5.48. The Kier molecular flexibility index (Phi) is 3.56. The molecule has 2 heteroatoms. The van der Waals surface area contributed by atoms with Crippen LogP contribution in [0.25, 0.3) is 28.0 Å². The molecule has 0 saturated heterocycles. The van der Waals surface area contributed by atoms with Crippen LogP contribution < -0.4 is 4.74 Å². The summed E-state index contributed by atoms with van der Waals surface area (Å²) >= 11 is 0. The lowest BCUT2D eigenvalue weighted by Crippen LogP contribution is -2.33. The van der Waals surface area contributed by atoms with Gasteiger partial charge in [-0.3, -0.25) is 0 Å². The Balaban J connectivity index is 2.11. The Morgan fingerprint density at radius 3 is 2.14 bits per heavy atom. The van der Waals surface area contributed by atoms with Crippen molar-refractivity contribution in [2.45, 2.75) is 59.4 Å². The van der Waals surface area contributed by atoms with Gasteiger partial charge in [-0.1, -0.05) is 50.3 Å². The molecule has 0 saturated carbocycles. The largest absolute Gasteiger partial charge is 0.492 e. The number of hydrogen-bond donors (Lipinski definition) is 0. The van der Waals surface area contributed by atoms with Crippen LogP contribution in [0.1, 0.15) is 59.7 Å². The van der Waals surface area contributed by atoms with E-state index >= 15 is 0 Å². The predicted octanol–water partition coefficient (Wildman–Crippen LogP) is 6.67. The average molecular weight is 378 g/mol. The summed E-state index contributed by atoms with van der Waals surface area (Å²) < 4.78 is 6.47. The molecule has 1 aliphatic carbocycles. The summed E-state index contributed by atoms with van der Waals surface area (Å²) in [6.45, 7) is 15.5. The second-order valence-corrected chi connectivity index (χ2v) is 9.53. The van der Waals surface area contributed by atoms with Crippen molar-refractivity contribution < 1.29 is 4.74 Å². The molecule has 144 valence electrons. The Bertz CT molecular complexity index is 1260. The molecule has 29 heavy (non-hydrogen) atoms. The lowest BCUT2D eigenvalue weighted by molar-refractivity contribution is 0.226. The molecule has 1 nitrogen and oxygen atoms in total. The summed E-state index contributed by atoms with van der Waals surface area (Å²) in [7, 11) is 6.43. The van der Waals surface area contributed by atoms with Gasteiger partial charge in [-0.2, -0.15) is 0 Å². The Labute approximate surface area is 175 Å². The molecule has 0 aromatic heterocycles. The van der Waals surface area contributed by atoms with Crippen LogP contribution in [0, 0.1) is 27.7 Å². The highest BCUT2D eigenvalue weighted by atomic mass is 16.5. The molecule has 1 aliphatic heterocycles. The van der Waals surface area contributed by atoms with E-state index in [-0.39, 0.29) is 5.41 Å². The first kappa shape index (κ1) is 18.5. The lowest BCUT2D eigenvalue weighted by Gasteiger charge is -2.34. The van der Waals surface area contributed by atoms with Gasteiger partial charge in [0.2, 0.25) is 0 Å². The van der Waals surface area contributed by atoms with Gasteiger partial charge in [0.25, 0.3) is 0 Å². The first-order valence-corrected chi connectivity index (χ1v) is 10.4. The maximum absolute atomic E-state index is 6.47. The normalized spacial score (nSPS) is 20.9. The monoisotopic (exact) mass is 378 g/mol. The first-order valence-electron chi connectivity index (χ1n) is 10.4. The molecular weight excluding hydrogens is 351 g/mol. The van der Waals surface area contributed by atoms with Gasteiger partial charge in [-0.25, -0.2) is 0 Å². The van der Waals surface area contributed by atoms with Crippen LogP contribution in [0.2, 0.25) is 0 Å². The Morgan fingerprint density at radius 2 is 1.45 bits per heavy atom. The first-order chi connectivity index (χ1) is 13.6. The van der Waals surface area contributed by atoms with Crippen LogP contribution in [0.15, 0.2) is 30.3 Å². The van der Waals surface area contributed by atoms with Gasteiger partial charge in [-0.15, -0.1) is 0 Å². The molecule has 3 aromatic carbocycles. The van der Waals surface area contributed by atoms with Crippen molar-refractivity contribution in [3.63, 3.8) is 0 Å². The SMILES string of the molecule is [B]C1(C)C=Cc2c3c(c4c(C)c(C)c(C)c(C)c4c2O1)-c1ccccc1C3(C)C. The van der Waals surface area contributed by atoms with Crippen LogP contribution in [-0.4, -0.2) is 13.3 Å². The Hall–Kier alpha value is -2.48. The Morgan fingerprint density at radius 1 is 0.828 bits per heavy atom. The van der Waals surface area contributed by atoms with Crippen molar-refractivity contribution in [3.05, 3.63) is 69.3 Å². The molecule has 0 N–H and O–H groups in total. The van der Waals surface area contributed by atoms with Crippen LogP contribution in [0.5, 0.6) is 5.75 Å². The lowest BCUT2D eigenvalue weighted by atomic mass is 9.75. The zero-order valence-corrected chi connectivity index (χ0v) is 18.4. The van der Waals surface area contributed by atoms with E-state index in [0.717, 1.165) is 5.75 Å². The molecule has 0 fully saturated rings. The number of hydrogen-bond acceptors (Lipinski definition) is 1. The predicted molar refractivity (Wildman–Crippen MR) is 124 cm³/mol. The second kappa shape index (κ2) is 5.56. The van der Waals surface area contributed by atoms with Crippen LogP contribution >= 0.6 is 0 Å². The number of fused-ring (bicyclic) bond motifs is 8. The van der Waals surface area contributed by atoms with Gasteiger partial charge in [0.15, 0.2) is 0 Å². The van der Waals surface area contributed by atoms with Crippen LogP contribution in [0.3, 0.4) is 0 Å². The third-order valence-electron chi connectivity index (χ3n) is 7.33. The van der Waals surface area contributed by atoms with E-state index in [9.17, 15) is 0 Å². The summed E-state index contributed by atoms with van der Waals surface area (Å²) in [6, 6.07) is 8.86. The van der Waals surface area contributed by atoms with E-state index in [0.29, 0.717) is 0 Å². The topological polar surface area (TPSA) is 9.23 Å². The maximum atomic E-state index is 6.47. The third-order valence-corrected chi connectivity index (χ3v) is 7.33. The molecule has 0 amide bonds. The minimum Gasteiger partial charge on any atom is -0.492 e. The summed E-state index contributed by atoms with van der Waals surface area (Å²) in [6.07, 6.45) is 4.18. The minimum atomic E-state index is -0.803. The molecule has 3 aromatic rings. The zero-order chi connectivity index (χ0) is 20.9. The number of rotatable bonds is 0. The fraction of sp³-hybridized carbons (Fsp3) is 0.333. The molecule has 1 atom stereocenters. The van der Waals surface area contributed by atoms with Crippen molar-refractivity contribution in [2.75, 3.05) is 0 Å². The summed E-state index contributed by atoms with van der Waals surface area (Å²) in [5, 5.41) is 2.54. The van der Waals surface area contributed by atoms with Crippen molar-refractivity contribution in [2.24, 2.45) is 0 Å². The minimum absolute atomic E-state index is 0.0978. The van der Waals surface area contributed by atoms with Crippen LogP contribution in [0.4, 0.5) is 0 Å². The van der Waals surface area contributed by atoms with Crippen molar-refractivity contribution in [1.29, 1.82) is 0 Å². The van der Waals surface area contributed by atoms with Gasteiger partial charge in [-0.05, 0) is 84.5 Å². The molecule has 1 unspecified atom stereocenters. The van der Waals surface area contributed by atoms with Gasteiger partial charge in [0.05, 0.1) is 5.50 Å². The smallest absolute Gasteiger partial charge is 0.137 e. The van der Waals surface area contributed by atoms with Crippen molar-refractivity contribution in [1.82, 2.24) is 0 Å². The highest BCUT2D eigenvalue weighted by molar-refractivity contribution is 6.18. The summed E-state index contributed by atoms with van der Waals surface area (Å²) in [5.41, 5.74) is 11.1. The van der Waals surface area contributed by atoms with E-state index in [4.69, 9.17) is 12.6 Å². The standard InChI is InChI=1S/C27H27BO/c1-14-15(2)17(4)22-21(16(14)3)23-18-10-8-9-11-20(18)26(5,6)24(23)19-12-13-27(7,28)29-25(19)22/h8-13H,1-7H3. The number of ether oxygens (including phenoxy) is 1. The molecule has 0 spiro atoms. The molecule has 0 bridgehead atoms. The number of benzene rings is 3. The zero-order valence-electron chi connectivity index (χ0n) is 18.4. The van der Waals surface area contributed by atoms with Gasteiger partial charge < -0.3 is 4.74 Å². The van der Waals surface area contributed by atoms with Crippen LogP contribution in [-0.2, 0) is 5.41 Å². The van der Waals surface area contributed by atoms with E-state index < -0.39 is 5.50 Å². The number of aryl methyl sites for hydroxylation is 2. The molecule has 2 aliphatic rings. The quantitative estimate of drug-likeness (QED) is 0.397. The van der Waals surface area contributed by atoms with E-state index in [1.807, 2.05) is 13.0 Å². The molecular formula is C27H27BO. The highest BCUT2D eigenvalue weighted by Crippen LogP contribution is 2.58. The van der Waals surface area contributed by atoms with E-state index in [2.05, 4.69) is 71.9 Å². The summed E-state index contributed by atoms with van der Waals surface area (Å²) in [4.78, 5) is 0. The highest BCUT2D eigenvalue weighted by Gasteiger charge is 2.41. The van der Waals surface area contributed by atoms with Crippen molar-refractivity contribution in [3.8, 4) is 16.9 Å². The summed E-state index contributed by atoms with van der Waals surface area (Å²) in [5.74, 6) is 0.941. The van der Waals surface area contributed by atoms with E-state index in [1.54, 1.807) is 0 Å². The van der Waals surface area contributed by atoms with Gasteiger partial charge in [0, 0.05) is 16.4 Å².